The van der Waals surface area contributed by atoms with Gasteiger partial charge in [0.25, 0.3) is 0 Å². The van der Waals surface area contributed by atoms with Crippen LogP contribution in [0.1, 0.15) is 49.3 Å². The summed E-state index contributed by atoms with van der Waals surface area (Å²) in [4.78, 5) is 14.4. The number of aryl methyl sites for hydroxylation is 2. The number of aromatic nitrogens is 3. The highest BCUT2D eigenvalue weighted by atomic mass is 16.5. The van der Waals surface area contributed by atoms with Gasteiger partial charge in [0.05, 0.1) is 12.8 Å². The average molecular weight is 538 g/mol. The van der Waals surface area contributed by atoms with Gasteiger partial charge < -0.3 is 19.1 Å². The molecule has 0 unspecified atom stereocenters. The number of ether oxygens (including phenoxy) is 1. The number of hydrogen-bond donors (Lipinski definition) is 1. The van der Waals surface area contributed by atoms with Crippen LogP contribution in [0.4, 0.5) is 17.6 Å². The Balaban J connectivity index is 1.18. The summed E-state index contributed by atoms with van der Waals surface area (Å²) in [6, 6.07) is 16.9. The monoisotopic (exact) mass is 537 g/mol. The van der Waals surface area contributed by atoms with Crippen LogP contribution in [-0.4, -0.2) is 53.5 Å². The highest BCUT2D eigenvalue weighted by molar-refractivity contribution is 5.99. The average Bonchev–Trinajstić information content (AvgIpc) is 3.75. The van der Waals surface area contributed by atoms with Crippen LogP contribution in [0.15, 0.2) is 59.8 Å². The SMILES string of the molecule is CCc1cc(C)cc(OCCn2cc(/C=N\Nc3cc(N4CCCC4)nc(N4CCCC4)n3)c3ccccc32)c1. The number of nitrogens with zero attached hydrogens (tertiary/aromatic N) is 6. The van der Waals surface area contributed by atoms with Crippen LogP contribution in [0.25, 0.3) is 10.9 Å². The van der Waals surface area contributed by atoms with Gasteiger partial charge in [-0.2, -0.15) is 15.1 Å². The van der Waals surface area contributed by atoms with Crippen LogP contribution in [0, 0.1) is 6.92 Å². The molecule has 2 aliphatic heterocycles. The fourth-order valence-corrected chi connectivity index (χ4v) is 5.75. The maximum Gasteiger partial charge on any atom is 0.229 e. The normalized spacial score (nSPS) is 15.6. The zero-order valence-electron chi connectivity index (χ0n) is 23.6. The van der Waals surface area contributed by atoms with Crippen LogP contribution in [0.3, 0.4) is 0 Å². The molecule has 40 heavy (non-hydrogen) atoms. The van der Waals surface area contributed by atoms with E-state index in [0.717, 1.165) is 73.4 Å². The van der Waals surface area contributed by atoms with E-state index < -0.39 is 0 Å². The minimum absolute atomic E-state index is 0.597. The largest absolute Gasteiger partial charge is 0.492 e. The molecule has 0 atom stereocenters. The van der Waals surface area contributed by atoms with E-state index in [0.29, 0.717) is 6.61 Å². The standard InChI is InChI=1S/C32H39N7O/c1-3-25-18-24(2)19-27(20-25)40-17-16-39-23-26(28-10-4-5-11-29(28)39)22-33-36-30-21-31(37-12-6-7-13-37)35-32(34-30)38-14-8-9-15-38/h4-5,10-11,18-23H,3,6-9,12-17H2,1-2H3,(H,34,35,36)/b33-22-. The number of benzene rings is 2. The lowest BCUT2D eigenvalue weighted by Crippen LogP contribution is -2.24. The van der Waals surface area contributed by atoms with Crippen LogP contribution in [0.5, 0.6) is 5.75 Å². The van der Waals surface area contributed by atoms with Gasteiger partial charge >= 0.3 is 0 Å². The first-order valence-corrected chi connectivity index (χ1v) is 14.7. The van der Waals surface area contributed by atoms with Crippen molar-refractivity contribution in [3.63, 3.8) is 0 Å². The first-order valence-electron chi connectivity index (χ1n) is 14.7. The number of nitrogens with one attached hydrogen (secondary N) is 1. The van der Waals surface area contributed by atoms with Gasteiger partial charge in [-0.15, -0.1) is 0 Å². The predicted molar refractivity (Wildman–Crippen MR) is 164 cm³/mol. The summed E-state index contributed by atoms with van der Waals surface area (Å²) in [6.45, 7) is 9.76. The summed E-state index contributed by atoms with van der Waals surface area (Å²) in [7, 11) is 0. The zero-order valence-corrected chi connectivity index (χ0v) is 23.6. The molecule has 2 aliphatic rings. The number of rotatable bonds is 10. The fraction of sp³-hybridized carbons (Fsp3) is 0.406. The summed E-state index contributed by atoms with van der Waals surface area (Å²) >= 11 is 0. The molecule has 8 heteroatoms. The second-order valence-electron chi connectivity index (χ2n) is 10.8. The molecular weight excluding hydrogens is 498 g/mol. The number of para-hydroxylation sites is 1. The van der Waals surface area contributed by atoms with Crippen LogP contribution >= 0.6 is 0 Å². The Morgan fingerprint density at radius 3 is 2.52 bits per heavy atom. The van der Waals surface area contributed by atoms with Gasteiger partial charge in [-0.25, -0.2) is 0 Å². The van der Waals surface area contributed by atoms with Crippen molar-refractivity contribution in [2.24, 2.45) is 5.10 Å². The third-order valence-electron chi connectivity index (χ3n) is 7.84. The third-order valence-corrected chi connectivity index (χ3v) is 7.84. The van der Waals surface area contributed by atoms with Crippen LogP contribution < -0.4 is 20.0 Å². The zero-order chi connectivity index (χ0) is 27.3. The highest BCUT2D eigenvalue weighted by Gasteiger charge is 2.20. The number of hydrazone groups is 1. The van der Waals surface area contributed by atoms with Crippen LogP contribution in [-0.2, 0) is 13.0 Å². The minimum Gasteiger partial charge on any atom is -0.492 e. The van der Waals surface area contributed by atoms with E-state index in [2.05, 4.69) is 87.4 Å². The van der Waals surface area contributed by atoms with E-state index in [-0.39, 0.29) is 0 Å². The van der Waals surface area contributed by atoms with E-state index >= 15 is 0 Å². The van der Waals surface area contributed by atoms with Gasteiger partial charge in [0.2, 0.25) is 5.95 Å². The van der Waals surface area contributed by atoms with Gasteiger partial charge in [0.1, 0.15) is 18.2 Å². The minimum atomic E-state index is 0.597. The quantitative estimate of drug-likeness (QED) is 0.197. The molecule has 208 valence electrons. The second-order valence-corrected chi connectivity index (χ2v) is 10.8. The lowest BCUT2D eigenvalue weighted by Gasteiger charge is -2.21. The molecule has 0 aliphatic carbocycles. The van der Waals surface area contributed by atoms with E-state index in [1.54, 1.807) is 0 Å². The van der Waals surface area contributed by atoms with E-state index in [1.807, 2.05) is 12.3 Å². The predicted octanol–water partition coefficient (Wildman–Crippen LogP) is 6.03. The van der Waals surface area contributed by atoms with Gasteiger partial charge in [-0.1, -0.05) is 31.2 Å². The van der Waals surface area contributed by atoms with Crippen molar-refractivity contribution < 1.29 is 4.74 Å². The summed E-state index contributed by atoms with van der Waals surface area (Å²) in [5.74, 6) is 3.46. The molecule has 0 bridgehead atoms. The number of hydrogen-bond acceptors (Lipinski definition) is 7. The Morgan fingerprint density at radius 1 is 0.950 bits per heavy atom. The summed E-state index contributed by atoms with van der Waals surface area (Å²) in [5, 5.41) is 5.78. The molecule has 4 aromatic rings. The molecule has 0 spiro atoms. The molecule has 2 aromatic carbocycles. The number of fused-ring (bicyclic) bond motifs is 1. The second kappa shape index (κ2) is 12.0. The molecule has 6 rings (SSSR count). The molecule has 2 fully saturated rings. The van der Waals surface area contributed by atoms with E-state index in [9.17, 15) is 0 Å². The highest BCUT2D eigenvalue weighted by Crippen LogP contribution is 2.26. The topological polar surface area (TPSA) is 70.8 Å². The Morgan fingerprint density at radius 2 is 1.73 bits per heavy atom. The van der Waals surface area contributed by atoms with Gasteiger partial charge in [-0.05, 0) is 68.4 Å². The van der Waals surface area contributed by atoms with Crippen molar-refractivity contribution in [3.8, 4) is 5.75 Å². The Bertz CT molecular complexity index is 1450. The Kier molecular flexibility index (Phi) is 7.84. The molecule has 2 saturated heterocycles. The van der Waals surface area contributed by atoms with Crippen LogP contribution in [0.2, 0.25) is 0 Å². The summed E-state index contributed by atoms with van der Waals surface area (Å²) in [5.41, 5.74) is 7.96. The molecule has 2 aromatic heterocycles. The molecule has 0 amide bonds. The number of anilines is 3. The third kappa shape index (κ3) is 5.91. The molecule has 1 N–H and O–H groups in total. The Hall–Kier alpha value is -4.07. The van der Waals surface area contributed by atoms with E-state index in [1.165, 1.54) is 42.3 Å². The molecule has 0 radical (unpaired) electrons. The maximum atomic E-state index is 6.15. The lowest BCUT2D eigenvalue weighted by atomic mass is 10.1. The van der Waals surface area contributed by atoms with Gasteiger partial charge in [0, 0.05) is 54.9 Å². The van der Waals surface area contributed by atoms with Crippen molar-refractivity contribution in [1.82, 2.24) is 14.5 Å². The first kappa shape index (κ1) is 26.2. The summed E-state index contributed by atoms with van der Waals surface area (Å²) < 4.78 is 8.39. The van der Waals surface area contributed by atoms with Crippen molar-refractivity contribution >= 4 is 34.7 Å². The summed E-state index contributed by atoms with van der Waals surface area (Å²) in [6.07, 6.45) is 9.86. The molecular formula is C32H39N7O. The smallest absolute Gasteiger partial charge is 0.229 e. The van der Waals surface area contributed by atoms with Gasteiger partial charge in [0.15, 0.2) is 5.82 Å². The first-order chi connectivity index (χ1) is 19.7. The lowest BCUT2D eigenvalue weighted by molar-refractivity contribution is 0.300. The van der Waals surface area contributed by atoms with Crippen molar-refractivity contribution in [3.05, 3.63) is 71.4 Å². The Labute approximate surface area is 236 Å². The molecule has 0 saturated carbocycles. The molecule has 4 heterocycles. The van der Waals surface area contributed by atoms with Crippen molar-refractivity contribution in [1.29, 1.82) is 0 Å². The molecule has 8 nitrogen and oxygen atoms in total. The van der Waals surface area contributed by atoms with Gasteiger partial charge in [-0.3, -0.25) is 5.43 Å². The maximum absolute atomic E-state index is 6.15. The fourth-order valence-electron chi connectivity index (χ4n) is 5.75. The van der Waals surface area contributed by atoms with E-state index in [4.69, 9.17) is 14.7 Å². The van der Waals surface area contributed by atoms with Crippen molar-refractivity contribution in [2.45, 2.75) is 52.5 Å². The van der Waals surface area contributed by atoms with Crippen molar-refractivity contribution in [2.75, 3.05) is 48.0 Å².